The van der Waals surface area contributed by atoms with Crippen LogP contribution in [0.1, 0.15) is 37.8 Å². The Hall–Kier alpha value is -3.37. The number of allylic oxidation sites excluding steroid dienone is 1. The molecule has 2 heterocycles. The Balaban J connectivity index is 1.64. The third-order valence-corrected chi connectivity index (χ3v) is 7.08. The number of carbonyl (C=O) groups is 2. The van der Waals surface area contributed by atoms with Crippen LogP contribution in [0.5, 0.6) is 0 Å². The van der Waals surface area contributed by atoms with Crippen LogP contribution in [-0.2, 0) is 20.1 Å². The Bertz CT molecular complexity index is 1140. The van der Waals surface area contributed by atoms with Gasteiger partial charge in [0, 0.05) is 29.5 Å². The molecule has 2 aliphatic rings. The van der Waals surface area contributed by atoms with Gasteiger partial charge in [0.2, 0.25) is 5.91 Å². The molecular formula is C25H28N4O5S. The normalized spacial score (nSPS) is 23.8. The molecule has 1 saturated heterocycles. The van der Waals surface area contributed by atoms with E-state index in [0.717, 1.165) is 5.56 Å². The average Bonchev–Trinajstić information content (AvgIpc) is 2.82. The van der Waals surface area contributed by atoms with Crippen molar-refractivity contribution in [2.75, 3.05) is 0 Å². The van der Waals surface area contributed by atoms with Gasteiger partial charge in [-0.1, -0.05) is 42.5 Å². The largest absolute Gasteiger partial charge is 0.460 e. The molecule has 3 N–H and O–H groups in total. The number of hydrogen-bond acceptors (Lipinski definition) is 8. The van der Waals surface area contributed by atoms with Crippen molar-refractivity contribution in [1.82, 2.24) is 16.0 Å². The number of rotatable bonds is 7. The second kappa shape index (κ2) is 10.5. The number of benzene rings is 2. The molecule has 0 aliphatic carbocycles. The number of amides is 1. The zero-order valence-corrected chi connectivity index (χ0v) is 20.5. The molecule has 10 heteroatoms. The molecule has 4 rings (SSSR count). The van der Waals surface area contributed by atoms with E-state index in [9.17, 15) is 19.7 Å². The number of hydrogen-bond donors (Lipinski definition) is 3. The summed E-state index contributed by atoms with van der Waals surface area (Å²) in [5.41, 5.74) is 2.34. The third kappa shape index (κ3) is 5.49. The molecule has 4 atom stereocenters. The summed E-state index contributed by atoms with van der Waals surface area (Å²) in [6, 6.07) is 16.0. The van der Waals surface area contributed by atoms with Crippen molar-refractivity contribution in [2.24, 2.45) is 5.92 Å². The van der Waals surface area contributed by atoms with E-state index in [0.29, 0.717) is 22.6 Å². The van der Waals surface area contributed by atoms with Crippen LogP contribution in [0.3, 0.4) is 0 Å². The summed E-state index contributed by atoms with van der Waals surface area (Å²) in [6.45, 7) is 5.31. The highest BCUT2D eigenvalue weighted by Crippen LogP contribution is 2.41. The summed E-state index contributed by atoms with van der Waals surface area (Å²) in [6.07, 6.45) is -0.775. The topological polar surface area (TPSA) is 123 Å². The first-order chi connectivity index (χ1) is 16.7. The minimum absolute atomic E-state index is 0.0603. The van der Waals surface area contributed by atoms with Crippen LogP contribution in [0.2, 0.25) is 0 Å². The van der Waals surface area contributed by atoms with E-state index < -0.39 is 28.9 Å². The van der Waals surface area contributed by atoms with E-state index in [1.807, 2.05) is 30.3 Å². The van der Waals surface area contributed by atoms with Crippen LogP contribution < -0.4 is 16.0 Å². The van der Waals surface area contributed by atoms with Gasteiger partial charge in [0.15, 0.2) is 0 Å². The van der Waals surface area contributed by atoms with E-state index in [-0.39, 0.29) is 23.2 Å². The summed E-state index contributed by atoms with van der Waals surface area (Å²) in [7, 11) is 0. The SMILES string of the molecule is CC1=C(C(=O)OC(C)C)C(c2ccc([N+](=O)[O-])cc2)C2C(=O)NC(SCc3ccccc3)NC2N1. The maximum Gasteiger partial charge on any atom is 0.336 e. The van der Waals surface area contributed by atoms with Crippen molar-refractivity contribution in [3.63, 3.8) is 0 Å². The number of nitrogens with zero attached hydrogens (tertiary/aromatic N) is 1. The van der Waals surface area contributed by atoms with Crippen molar-refractivity contribution < 1.29 is 19.2 Å². The molecule has 0 bridgehead atoms. The minimum atomic E-state index is -0.663. The van der Waals surface area contributed by atoms with Gasteiger partial charge in [-0.3, -0.25) is 20.2 Å². The quantitative estimate of drug-likeness (QED) is 0.303. The number of nitro groups is 1. The molecule has 1 amide bonds. The number of ether oxygens (including phenoxy) is 1. The van der Waals surface area contributed by atoms with Crippen LogP contribution >= 0.6 is 11.8 Å². The second-order valence-electron chi connectivity index (χ2n) is 8.82. The number of esters is 1. The van der Waals surface area contributed by atoms with E-state index in [1.54, 1.807) is 44.7 Å². The Kier molecular flexibility index (Phi) is 7.42. The average molecular weight is 497 g/mol. The van der Waals surface area contributed by atoms with Gasteiger partial charge >= 0.3 is 5.97 Å². The van der Waals surface area contributed by atoms with E-state index >= 15 is 0 Å². The Labute approximate surface area is 207 Å². The van der Waals surface area contributed by atoms with Crippen molar-refractivity contribution in [3.8, 4) is 0 Å². The summed E-state index contributed by atoms with van der Waals surface area (Å²) < 4.78 is 5.50. The van der Waals surface area contributed by atoms with Gasteiger partial charge in [-0.2, -0.15) is 0 Å². The summed E-state index contributed by atoms with van der Waals surface area (Å²) >= 11 is 1.56. The highest BCUT2D eigenvalue weighted by Gasteiger charge is 2.48. The number of fused-ring (bicyclic) bond motifs is 1. The fraction of sp³-hybridized carbons (Fsp3) is 0.360. The molecule has 4 unspecified atom stereocenters. The Morgan fingerprint density at radius 3 is 2.43 bits per heavy atom. The lowest BCUT2D eigenvalue weighted by atomic mass is 9.74. The molecule has 9 nitrogen and oxygen atoms in total. The maximum absolute atomic E-state index is 13.4. The first kappa shape index (κ1) is 24.7. The predicted molar refractivity (Wildman–Crippen MR) is 133 cm³/mol. The number of non-ortho nitro benzene ring substituents is 1. The molecule has 0 saturated carbocycles. The van der Waals surface area contributed by atoms with Crippen LogP contribution in [0, 0.1) is 16.0 Å². The lowest BCUT2D eigenvalue weighted by Crippen LogP contribution is -2.67. The smallest absolute Gasteiger partial charge is 0.336 e. The van der Waals surface area contributed by atoms with Crippen LogP contribution in [0.15, 0.2) is 65.9 Å². The Morgan fingerprint density at radius 2 is 1.80 bits per heavy atom. The van der Waals surface area contributed by atoms with Crippen LogP contribution in [0.25, 0.3) is 0 Å². The lowest BCUT2D eigenvalue weighted by Gasteiger charge is -2.45. The summed E-state index contributed by atoms with van der Waals surface area (Å²) in [4.78, 5) is 37.2. The molecule has 2 aromatic carbocycles. The highest BCUT2D eigenvalue weighted by atomic mass is 32.2. The minimum Gasteiger partial charge on any atom is -0.460 e. The summed E-state index contributed by atoms with van der Waals surface area (Å²) in [5, 5.41) is 20.9. The fourth-order valence-corrected chi connectivity index (χ4v) is 5.46. The molecule has 2 aliphatic heterocycles. The van der Waals surface area contributed by atoms with Crippen LogP contribution in [0.4, 0.5) is 5.69 Å². The first-order valence-electron chi connectivity index (χ1n) is 11.4. The third-order valence-electron chi connectivity index (χ3n) is 6.00. The number of nitro benzene ring substituents is 1. The van der Waals surface area contributed by atoms with E-state index in [2.05, 4.69) is 16.0 Å². The monoisotopic (exact) mass is 496 g/mol. The summed E-state index contributed by atoms with van der Waals surface area (Å²) in [5.74, 6) is -1.31. The second-order valence-corrected chi connectivity index (χ2v) is 9.91. The van der Waals surface area contributed by atoms with E-state index in [1.165, 1.54) is 12.1 Å². The fourth-order valence-electron chi connectivity index (χ4n) is 4.46. The molecule has 0 spiro atoms. The number of nitrogens with one attached hydrogen (secondary N) is 3. The van der Waals surface area contributed by atoms with Crippen molar-refractivity contribution in [2.45, 2.75) is 50.2 Å². The van der Waals surface area contributed by atoms with Crippen molar-refractivity contribution in [1.29, 1.82) is 0 Å². The molecule has 184 valence electrons. The standard InChI is InChI=1S/C25H28N4O5S/c1-14(2)34-24(31)19-15(3)26-22-21(20(19)17-9-11-18(12-10-17)29(32)33)23(30)28-25(27-22)35-13-16-7-5-4-6-8-16/h4-12,14,20-22,25-27H,13H2,1-3H3,(H,28,30). The van der Waals surface area contributed by atoms with Crippen LogP contribution in [-0.4, -0.2) is 34.6 Å². The zero-order valence-electron chi connectivity index (χ0n) is 19.7. The van der Waals surface area contributed by atoms with Crippen molar-refractivity contribution >= 4 is 29.3 Å². The highest BCUT2D eigenvalue weighted by molar-refractivity contribution is 7.99. The molecule has 0 radical (unpaired) electrons. The number of carbonyl (C=O) groups excluding carboxylic acids is 2. The Morgan fingerprint density at radius 1 is 1.11 bits per heavy atom. The van der Waals surface area contributed by atoms with Gasteiger partial charge in [-0.15, -0.1) is 11.8 Å². The van der Waals surface area contributed by atoms with Gasteiger partial charge in [0.25, 0.3) is 5.69 Å². The van der Waals surface area contributed by atoms with Gasteiger partial charge in [0.1, 0.15) is 5.50 Å². The molecule has 0 aromatic heterocycles. The maximum atomic E-state index is 13.4. The predicted octanol–water partition coefficient (Wildman–Crippen LogP) is 3.39. The van der Waals surface area contributed by atoms with Gasteiger partial charge in [-0.05, 0) is 31.9 Å². The molecule has 35 heavy (non-hydrogen) atoms. The van der Waals surface area contributed by atoms with Gasteiger partial charge in [-0.25, -0.2) is 4.79 Å². The van der Waals surface area contributed by atoms with Gasteiger partial charge < -0.3 is 15.4 Å². The molecule has 2 aromatic rings. The molecular weight excluding hydrogens is 468 g/mol. The molecule has 1 fully saturated rings. The van der Waals surface area contributed by atoms with Crippen molar-refractivity contribution in [3.05, 3.63) is 87.1 Å². The van der Waals surface area contributed by atoms with Gasteiger partial charge in [0.05, 0.1) is 28.7 Å². The zero-order chi connectivity index (χ0) is 25.1. The lowest BCUT2D eigenvalue weighted by molar-refractivity contribution is -0.384. The first-order valence-corrected chi connectivity index (χ1v) is 12.4. The van der Waals surface area contributed by atoms with E-state index in [4.69, 9.17) is 4.74 Å². The number of thioether (sulfide) groups is 1.